The number of phosphoric ester groups is 1. The average molecular weight is 553 g/mol. The van der Waals surface area contributed by atoms with Crippen molar-refractivity contribution in [3.05, 3.63) is 12.7 Å². The molecule has 0 aromatic carbocycles. The minimum Gasteiger partial charge on any atom is -0.387 e. The summed E-state index contributed by atoms with van der Waals surface area (Å²) in [5.74, 6) is 0.0426. The number of imidazole rings is 1. The number of anilines is 1. The third-order valence-electron chi connectivity index (χ3n) is 3.82. The second kappa shape index (κ2) is 11.8. The molecular formula is C10H16N5Na2O13P3. The fraction of sp³-hybridized carbons (Fsp3) is 0.500. The largest absolute Gasteiger partial charge is 0.490 e. The molecule has 6 atom stereocenters. The first-order chi connectivity index (χ1) is 14.2. The van der Waals surface area contributed by atoms with Gasteiger partial charge in [0, 0.05) is 59.1 Å². The van der Waals surface area contributed by atoms with Crippen molar-refractivity contribution in [2.75, 3.05) is 12.3 Å². The summed E-state index contributed by atoms with van der Waals surface area (Å²) in [5.41, 5.74) is 6.00. The van der Waals surface area contributed by atoms with Crippen LogP contribution in [0.25, 0.3) is 11.2 Å². The minimum absolute atomic E-state index is 0. The van der Waals surface area contributed by atoms with Gasteiger partial charge < -0.3 is 40.3 Å². The number of fused-ring (bicyclic) bond motifs is 1. The van der Waals surface area contributed by atoms with Gasteiger partial charge in [0.15, 0.2) is 17.7 Å². The Balaban J connectivity index is 0.00000272. The number of rotatable bonds is 8. The average Bonchev–Trinajstić information content (AvgIpc) is 3.13. The Bertz CT molecular complexity index is 1120. The Labute approximate surface area is 228 Å². The van der Waals surface area contributed by atoms with Crippen LogP contribution in [0, 0.1) is 0 Å². The quantitative estimate of drug-likeness (QED) is 0.133. The van der Waals surface area contributed by atoms with Gasteiger partial charge in [0.05, 0.1) is 12.9 Å². The number of aliphatic hydroxyl groups is 2. The number of hydrogen-bond acceptors (Lipinski definition) is 13. The molecule has 0 amide bonds. The first kappa shape index (κ1) is 31.7. The van der Waals surface area contributed by atoms with E-state index in [0.29, 0.717) is 0 Å². The molecule has 23 heteroatoms. The van der Waals surface area contributed by atoms with E-state index in [9.17, 15) is 28.8 Å². The van der Waals surface area contributed by atoms with Crippen LogP contribution in [-0.2, 0) is 31.6 Å². The van der Waals surface area contributed by atoms with Gasteiger partial charge in [-0.2, -0.15) is 8.62 Å². The molecule has 0 aliphatic carbocycles. The summed E-state index contributed by atoms with van der Waals surface area (Å²) in [4.78, 5) is 47.2. The number of ether oxygens (including phenoxy) is 1. The van der Waals surface area contributed by atoms with Crippen molar-refractivity contribution < 1.29 is 61.4 Å². The van der Waals surface area contributed by atoms with E-state index in [1.807, 2.05) is 0 Å². The molecular weight excluding hydrogens is 537 g/mol. The number of nitrogen functional groups attached to an aromatic ring is 1. The van der Waals surface area contributed by atoms with E-state index in [-0.39, 0.29) is 76.1 Å². The maximum absolute atomic E-state index is 11.8. The topological polar surface area (TPSA) is 279 Å². The number of aliphatic hydroxyl groups excluding tert-OH is 2. The molecule has 0 bridgehead atoms. The smallest absolute Gasteiger partial charge is 0.387 e. The first-order valence-electron chi connectivity index (χ1n) is 7.92. The van der Waals surface area contributed by atoms with Gasteiger partial charge in [0.2, 0.25) is 0 Å². The zero-order valence-corrected chi connectivity index (χ0v) is 23.6. The van der Waals surface area contributed by atoms with Gasteiger partial charge in [-0.25, -0.2) is 28.6 Å². The number of nitrogens with two attached hydrogens (primary N) is 1. The number of aromatic nitrogens is 4. The van der Waals surface area contributed by atoms with Crippen LogP contribution in [0.5, 0.6) is 0 Å². The van der Waals surface area contributed by atoms with Crippen molar-refractivity contribution >= 4 is 99.6 Å². The fourth-order valence-corrected chi connectivity index (χ4v) is 5.65. The molecule has 0 spiro atoms. The molecule has 0 saturated carbocycles. The molecule has 1 aliphatic heterocycles. The standard InChI is InChI=1S/C10H16N5O13P3.2Na/c11-8-5-9(13-2-12-8)15(3-14-5)10-7(17)6(16)4(26-10)1-25-30(21,22)28-31(23,24)27-29(18,19)20;;/h2-4,6-7,10,16-17H,1H2,(H,21,22)(H,23,24)(H2,11,12,13)(H2,18,19,20);;/t4-,6-,7-,10-;;/m1../s1. The monoisotopic (exact) mass is 553 g/mol. The molecule has 2 aromatic rings. The number of phosphoric acid groups is 3. The van der Waals surface area contributed by atoms with Crippen LogP contribution in [0.4, 0.5) is 5.82 Å². The van der Waals surface area contributed by atoms with Crippen LogP contribution in [0.3, 0.4) is 0 Å². The van der Waals surface area contributed by atoms with E-state index in [0.717, 1.165) is 6.33 Å². The molecule has 176 valence electrons. The molecule has 2 unspecified atom stereocenters. The van der Waals surface area contributed by atoms with Crippen LogP contribution in [0.15, 0.2) is 12.7 Å². The molecule has 1 fully saturated rings. The third kappa shape index (κ3) is 8.06. The van der Waals surface area contributed by atoms with Gasteiger partial charge in [-0.05, 0) is 0 Å². The second-order valence-electron chi connectivity index (χ2n) is 6.02. The van der Waals surface area contributed by atoms with Gasteiger partial charge in [-0.15, -0.1) is 0 Å². The number of hydrogen-bond donors (Lipinski definition) is 7. The Morgan fingerprint density at radius 1 is 1.00 bits per heavy atom. The van der Waals surface area contributed by atoms with Crippen molar-refractivity contribution in [1.82, 2.24) is 19.5 Å². The van der Waals surface area contributed by atoms with Crippen LogP contribution >= 0.6 is 23.5 Å². The van der Waals surface area contributed by atoms with E-state index in [1.54, 1.807) is 0 Å². The summed E-state index contributed by atoms with van der Waals surface area (Å²) in [6.45, 7) is -0.956. The summed E-state index contributed by atoms with van der Waals surface area (Å²) in [5, 5.41) is 20.4. The maximum atomic E-state index is 11.8. The third-order valence-corrected chi connectivity index (χ3v) is 7.62. The normalized spacial score (nSPS) is 26.7. The Morgan fingerprint density at radius 2 is 1.64 bits per heavy atom. The SMILES string of the molecule is Nc1ncnc2c1ncn2[C@@H]1O[C@H](COP(=O)(O)OP(=O)(O)OP(=O)(O)O)[C@@H](O)[C@H]1O.[Na].[Na]. The Hall–Kier alpha value is 0.640. The molecule has 1 saturated heterocycles. The van der Waals surface area contributed by atoms with Crippen molar-refractivity contribution in [3.8, 4) is 0 Å². The van der Waals surface area contributed by atoms with Gasteiger partial charge in [0.1, 0.15) is 30.2 Å². The van der Waals surface area contributed by atoms with Crippen molar-refractivity contribution in [2.45, 2.75) is 24.5 Å². The molecule has 2 radical (unpaired) electrons. The van der Waals surface area contributed by atoms with Crippen molar-refractivity contribution in [3.63, 3.8) is 0 Å². The summed E-state index contributed by atoms with van der Waals surface area (Å²) in [6.07, 6.45) is -3.69. The minimum atomic E-state index is -5.70. The van der Waals surface area contributed by atoms with Crippen LogP contribution < -0.4 is 5.73 Å². The summed E-state index contributed by atoms with van der Waals surface area (Å²) >= 11 is 0. The number of nitrogens with zero attached hydrogens (tertiary/aromatic N) is 4. The van der Waals surface area contributed by atoms with E-state index in [2.05, 4.69) is 28.1 Å². The maximum Gasteiger partial charge on any atom is 0.490 e. The summed E-state index contributed by atoms with van der Waals surface area (Å²) in [6, 6.07) is 0. The van der Waals surface area contributed by atoms with E-state index in [4.69, 9.17) is 25.2 Å². The molecule has 1 aliphatic rings. The van der Waals surface area contributed by atoms with Crippen LogP contribution in [-0.4, -0.2) is 133 Å². The zero-order chi connectivity index (χ0) is 23.2. The molecule has 3 rings (SSSR count). The van der Waals surface area contributed by atoms with Crippen LogP contribution in [0.1, 0.15) is 6.23 Å². The zero-order valence-electron chi connectivity index (χ0n) is 16.9. The van der Waals surface area contributed by atoms with Gasteiger partial charge in [-0.3, -0.25) is 9.09 Å². The van der Waals surface area contributed by atoms with E-state index in [1.165, 1.54) is 10.9 Å². The fourth-order valence-electron chi connectivity index (χ4n) is 2.62. The predicted octanol–water partition coefficient (Wildman–Crippen LogP) is -2.39. The molecule has 18 nitrogen and oxygen atoms in total. The van der Waals surface area contributed by atoms with E-state index < -0.39 is 54.6 Å². The summed E-state index contributed by atoms with van der Waals surface area (Å²) < 4.78 is 51.9. The first-order valence-corrected chi connectivity index (χ1v) is 12.4. The van der Waals surface area contributed by atoms with Gasteiger partial charge in [-0.1, -0.05) is 0 Å². The van der Waals surface area contributed by atoms with Gasteiger partial charge in [0.25, 0.3) is 0 Å². The Morgan fingerprint density at radius 3 is 2.24 bits per heavy atom. The van der Waals surface area contributed by atoms with Gasteiger partial charge >= 0.3 is 23.5 Å². The van der Waals surface area contributed by atoms with Crippen molar-refractivity contribution in [1.29, 1.82) is 0 Å². The second-order valence-corrected chi connectivity index (χ2v) is 10.4. The molecule has 8 N–H and O–H groups in total. The Kier molecular flexibility index (Phi) is 11.3. The molecule has 2 aromatic heterocycles. The van der Waals surface area contributed by atoms with Crippen molar-refractivity contribution in [2.24, 2.45) is 0 Å². The summed E-state index contributed by atoms with van der Waals surface area (Å²) in [7, 11) is -16.7. The van der Waals surface area contributed by atoms with E-state index >= 15 is 0 Å². The molecule has 3 heterocycles. The van der Waals surface area contributed by atoms with Crippen LogP contribution in [0.2, 0.25) is 0 Å². The predicted molar refractivity (Wildman–Crippen MR) is 107 cm³/mol. The molecule has 33 heavy (non-hydrogen) atoms.